The molecule has 2 aliphatic rings. The molecular weight excluding hydrogens is 116 g/mol. The number of hydrogen-bond donors (Lipinski definition) is 1. The van der Waals surface area contributed by atoms with Gasteiger partial charge in [-0.25, -0.2) is 4.99 Å². The molecule has 0 aromatic carbocycles. The van der Waals surface area contributed by atoms with Crippen molar-refractivity contribution in [3.8, 4) is 0 Å². The highest BCUT2D eigenvalue weighted by atomic mass is 16.5. The first-order chi connectivity index (χ1) is 4.47. The second-order valence-corrected chi connectivity index (χ2v) is 2.01. The van der Waals surface area contributed by atoms with Crippen LogP contribution in [-0.4, -0.2) is 24.9 Å². The van der Waals surface area contributed by atoms with Crippen LogP contribution >= 0.6 is 0 Å². The van der Waals surface area contributed by atoms with Gasteiger partial charge in [0.15, 0.2) is 0 Å². The van der Waals surface area contributed by atoms with E-state index in [0.717, 1.165) is 0 Å². The minimum Gasteiger partial charge on any atom is -0.433 e. The fourth-order valence-corrected chi connectivity index (χ4v) is 0.937. The number of rotatable bonds is 0. The van der Waals surface area contributed by atoms with Gasteiger partial charge in [0.25, 0.3) is 6.17 Å². The van der Waals surface area contributed by atoms with Gasteiger partial charge in [-0.15, -0.1) is 0 Å². The fourth-order valence-electron chi connectivity index (χ4n) is 0.937. The van der Waals surface area contributed by atoms with E-state index in [1.165, 1.54) is 0 Å². The molecule has 2 atom stereocenters. The molecule has 0 saturated heterocycles. The first kappa shape index (κ1) is 4.73. The number of allylic oxidation sites excluding steroid dienone is 1. The molecule has 0 radical (unpaired) electrons. The normalized spacial score (nSPS) is 36.4. The maximum atomic E-state index is 5.12. The molecule has 0 amide bonds. The number of hydrogen-bond acceptors (Lipinski definition) is 2. The summed E-state index contributed by atoms with van der Waals surface area (Å²) in [5, 5.41) is 0. The number of fused-ring (bicyclic) bond motifs is 1. The third kappa shape index (κ3) is 0.650. The van der Waals surface area contributed by atoms with Gasteiger partial charge in [-0.05, 0) is 12.2 Å². The number of dihydropyridines is 1. The third-order valence-electron chi connectivity index (χ3n) is 1.41. The quantitative estimate of drug-likeness (QED) is 0.416. The second-order valence-electron chi connectivity index (χ2n) is 2.01. The van der Waals surface area contributed by atoms with Gasteiger partial charge in [-0.1, -0.05) is 0 Å². The summed E-state index contributed by atoms with van der Waals surface area (Å²) in [7, 11) is 0. The van der Waals surface area contributed by atoms with Crippen molar-refractivity contribution in [2.24, 2.45) is 4.99 Å². The van der Waals surface area contributed by atoms with Crippen LogP contribution in [0.2, 0.25) is 0 Å². The molecule has 2 unspecified atom stereocenters. The third-order valence-corrected chi connectivity index (χ3v) is 1.41. The van der Waals surface area contributed by atoms with E-state index in [0.29, 0.717) is 0 Å². The van der Waals surface area contributed by atoms with Gasteiger partial charge >= 0.3 is 6.40 Å². The lowest BCUT2D eigenvalue weighted by Gasteiger charge is -2.05. The molecule has 0 aromatic heterocycles. The van der Waals surface area contributed by atoms with Gasteiger partial charge in [0.05, 0.1) is 0 Å². The van der Waals surface area contributed by atoms with E-state index in [4.69, 9.17) is 4.74 Å². The average Bonchev–Trinajstić information content (AvgIpc) is 2.33. The predicted molar refractivity (Wildman–Crippen MR) is 33.3 cm³/mol. The summed E-state index contributed by atoms with van der Waals surface area (Å²) in [6, 6.07) is 0. The van der Waals surface area contributed by atoms with Crippen molar-refractivity contribution in [2.45, 2.75) is 12.3 Å². The van der Waals surface area contributed by atoms with E-state index in [1.54, 1.807) is 12.6 Å². The van der Waals surface area contributed by atoms with Crippen molar-refractivity contribution in [3.63, 3.8) is 0 Å². The molecule has 9 heavy (non-hydrogen) atoms. The van der Waals surface area contributed by atoms with Crippen LogP contribution in [0.1, 0.15) is 0 Å². The van der Waals surface area contributed by atoms with Crippen LogP contribution in [-0.2, 0) is 4.74 Å². The maximum Gasteiger partial charge on any atom is 0.325 e. The molecule has 3 nitrogen and oxygen atoms in total. The van der Waals surface area contributed by atoms with Crippen LogP contribution in [0.3, 0.4) is 0 Å². The first-order valence-corrected chi connectivity index (χ1v) is 2.90. The highest BCUT2D eigenvalue weighted by Gasteiger charge is 2.29. The Hall–Kier alpha value is -1.12. The van der Waals surface area contributed by atoms with Crippen LogP contribution in [0.5, 0.6) is 0 Å². The molecule has 0 aromatic rings. The van der Waals surface area contributed by atoms with E-state index in [-0.39, 0.29) is 12.3 Å². The van der Waals surface area contributed by atoms with E-state index in [1.807, 2.05) is 12.2 Å². The fraction of sp³-hybridized carbons (Fsp3) is 0.333. The summed E-state index contributed by atoms with van der Waals surface area (Å²) in [5.74, 6) is 0. The Morgan fingerprint density at radius 2 is 2.56 bits per heavy atom. The van der Waals surface area contributed by atoms with E-state index in [9.17, 15) is 0 Å². The molecule has 1 N–H and O–H groups in total. The molecule has 0 fully saturated rings. The van der Waals surface area contributed by atoms with Crippen LogP contribution in [0.4, 0.5) is 0 Å². The van der Waals surface area contributed by atoms with Crippen LogP contribution in [0, 0.1) is 0 Å². The van der Waals surface area contributed by atoms with Crippen molar-refractivity contribution < 1.29 is 9.73 Å². The first-order valence-electron chi connectivity index (χ1n) is 2.90. The van der Waals surface area contributed by atoms with E-state index >= 15 is 0 Å². The summed E-state index contributed by atoms with van der Waals surface area (Å²) in [5.41, 5.74) is 0. The number of nitrogens with zero attached hydrogens (tertiary/aromatic N) is 1. The SMILES string of the molecule is C1=CC2OC=[NH+]C2N=C1. The molecule has 0 saturated carbocycles. The molecule has 0 spiro atoms. The monoisotopic (exact) mass is 123 g/mol. The Balaban J connectivity index is 2.25. The average molecular weight is 123 g/mol. The lowest BCUT2D eigenvalue weighted by Crippen LogP contribution is -2.74. The highest BCUT2D eigenvalue weighted by molar-refractivity contribution is 5.72. The van der Waals surface area contributed by atoms with Gasteiger partial charge in [-0.2, -0.15) is 4.99 Å². The Labute approximate surface area is 52.8 Å². The van der Waals surface area contributed by atoms with Gasteiger partial charge in [0.1, 0.15) is 0 Å². The van der Waals surface area contributed by atoms with Crippen molar-refractivity contribution in [2.75, 3.05) is 0 Å². The van der Waals surface area contributed by atoms with Crippen molar-refractivity contribution in [1.82, 2.24) is 0 Å². The predicted octanol–water partition coefficient (Wildman–Crippen LogP) is -1.54. The molecule has 0 aliphatic carbocycles. The minimum absolute atomic E-state index is 0.120. The van der Waals surface area contributed by atoms with E-state index in [2.05, 4.69) is 9.98 Å². The van der Waals surface area contributed by atoms with Crippen molar-refractivity contribution in [3.05, 3.63) is 12.2 Å². The summed E-state index contributed by atoms with van der Waals surface area (Å²) in [6.45, 7) is 0. The smallest absolute Gasteiger partial charge is 0.325 e. The molecule has 46 valence electrons. The lowest BCUT2D eigenvalue weighted by atomic mass is 10.2. The van der Waals surface area contributed by atoms with Crippen molar-refractivity contribution in [1.29, 1.82) is 0 Å². The molecule has 0 bridgehead atoms. The second kappa shape index (κ2) is 1.69. The molecule has 2 rings (SSSR count). The van der Waals surface area contributed by atoms with Crippen molar-refractivity contribution >= 4 is 12.6 Å². The van der Waals surface area contributed by atoms with Crippen LogP contribution in [0.25, 0.3) is 0 Å². The maximum absolute atomic E-state index is 5.12. The number of aliphatic imine (C=N–C) groups is 1. The number of nitrogens with one attached hydrogen (secondary N) is 1. The summed E-state index contributed by atoms with van der Waals surface area (Å²) in [4.78, 5) is 7.07. The Morgan fingerprint density at radius 1 is 1.56 bits per heavy atom. The van der Waals surface area contributed by atoms with Gasteiger partial charge < -0.3 is 4.74 Å². The van der Waals surface area contributed by atoms with Crippen LogP contribution in [0.15, 0.2) is 17.1 Å². The summed E-state index contributed by atoms with van der Waals surface area (Å²) < 4.78 is 5.12. The van der Waals surface area contributed by atoms with Crippen LogP contribution < -0.4 is 4.99 Å². The Morgan fingerprint density at radius 3 is 3.44 bits per heavy atom. The molecule has 3 heteroatoms. The van der Waals surface area contributed by atoms with Gasteiger partial charge in [0, 0.05) is 6.21 Å². The number of ether oxygens (including phenoxy) is 1. The van der Waals surface area contributed by atoms with Gasteiger partial charge in [0.2, 0.25) is 6.10 Å². The standard InChI is InChI=1S/C6H6N2O/c1-2-5-6(7-3-1)8-4-9-5/h1-6H/p+1. The lowest BCUT2D eigenvalue weighted by molar-refractivity contribution is -0.487. The van der Waals surface area contributed by atoms with Gasteiger partial charge in [-0.3, -0.25) is 0 Å². The topological polar surface area (TPSA) is 35.6 Å². The summed E-state index contributed by atoms with van der Waals surface area (Å²) >= 11 is 0. The zero-order chi connectivity index (χ0) is 6.10. The van der Waals surface area contributed by atoms with E-state index < -0.39 is 0 Å². The zero-order valence-corrected chi connectivity index (χ0v) is 4.82. The molecule has 2 heterocycles. The largest absolute Gasteiger partial charge is 0.433 e. The minimum atomic E-state index is 0.120. The molecule has 2 aliphatic heterocycles. The molecular formula is C6H7N2O+. The summed E-state index contributed by atoms with van der Waals surface area (Å²) in [6.07, 6.45) is 7.47. The highest BCUT2D eigenvalue weighted by Crippen LogP contribution is 2.03. The Bertz CT molecular complexity index is 195. The Kier molecular flexibility index (Phi) is 0.886. The zero-order valence-electron chi connectivity index (χ0n) is 4.82.